The van der Waals surface area contributed by atoms with Gasteiger partial charge in [-0.15, -0.1) is 12.4 Å². The molecule has 0 radical (unpaired) electrons. The van der Waals surface area contributed by atoms with E-state index in [1.807, 2.05) is 11.9 Å². The van der Waals surface area contributed by atoms with Gasteiger partial charge in [-0.1, -0.05) is 0 Å². The van der Waals surface area contributed by atoms with Crippen molar-refractivity contribution in [2.24, 2.45) is 0 Å². The molecule has 30 heavy (non-hydrogen) atoms. The largest absolute Gasteiger partial charge is 0.511 e. The SMILES string of the molecule is CN1CCN(c2c(F)cc3c(=O)c(OC(=O)O)cn(N(C)C)c3c2[N+](=O)[O-])CC1.Cl. The normalized spacial score (nSPS) is 14.3. The molecule has 1 fully saturated rings. The number of pyridine rings is 1. The van der Waals surface area contributed by atoms with Gasteiger partial charge in [-0.3, -0.25) is 19.6 Å². The molecule has 11 nitrogen and oxygen atoms in total. The van der Waals surface area contributed by atoms with Gasteiger partial charge in [0.2, 0.25) is 11.2 Å². The van der Waals surface area contributed by atoms with Crippen molar-refractivity contribution in [2.75, 3.05) is 57.2 Å². The standard InChI is InChI=1S/C17H20FN5O6.ClH/c1-19(2)22-9-12(29-17(25)26)16(24)10-8-11(18)14(15(13(10)22)23(27)28)21-6-4-20(3)5-7-21;/h8-9H,4-7H2,1-3H3,(H,25,26);1H. The molecule has 1 aromatic carbocycles. The van der Waals surface area contributed by atoms with Gasteiger partial charge in [0.05, 0.1) is 16.5 Å². The summed E-state index contributed by atoms with van der Waals surface area (Å²) < 4.78 is 20.7. The number of aromatic nitrogens is 1. The maximum absolute atomic E-state index is 15.1. The highest BCUT2D eigenvalue weighted by molar-refractivity contribution is 5.95. The Balaban J connectivity index is 0.00000320. The molecule has 0 unspecified atom stereocenters. The molecule has 0 saturated carbocycles. The van der Waals surface area contributed by atoms with E-state index in [9.17, 15) is 19.7 Å². The summed E-state index contributed by atoms with van der Waals surface area (Å²) in [7, 11) is 4.98. The minimum Gasteiger partial charge on any atom is -0.449 e. The molecule has 2 aromatic rings. The van der Waals surface area contributed by atoms with Gasteiger partial charge in [-0.05, 0) is 13.1 Å². The number of hydrogen-bond donors (Lipinski definition) is 1. The quantitative estimate of drug-likeness (QED) is 0.423. The highest BCUT2D eigenvalue weighted by atomic mass is 35.5. The third kappa shape index (κ3) is 4.09. The molecule has 2 heterocycles. The van der Waals surface area contributed by atoms with Gasteiger partial charge in [0.1, 0.15) is 0 Å². The lowest BCUT2D eigenvalue weighted by Gasteiger charge is -2.34. The van der Waals surface area contributed by atoms with E-state index in [-0.39, 0.29) is 29.0 Å². The van der Waals surface area contributed by atoms with E-state index in [0.717, 1.165) is 12.3 Å². The van der Waals surface area contributed by atoms with Gasteiger partial charge >= 0.3 is 11.8 Å². The maximum Gasteiger partial charge on any atom is 0.511 e. The molecule has 0 aliphatic carbocycles. The average molecular weight is 446 g/mol. The minimum atomic E-state index is -1.73. The van der Waals surface area contributed by atoms with Crippen molar-refractivity contribution >= 4 is 40.8 Å². The van der Waals surface area contributed by atoms with Crippen LogP contribution in [0, 0.1) is 15.9 Å². The Kier molecular flexibility index (Phi) is 6.73. The second-order valence-corrected chi connectivity index (χ2v) is 6.88. The summed E-state index contributed by atoms with van der Waals surface area (Å²) in [5.74, 6) is -1.51. The van der Waals surface area contributed by atoms with Crippen molar-refractivity contribution in [3.05, 3.63) is 38.4 Å². The van der Waals surface area contributed by atoms with Crippen molar-refractivity contribution in [1.82, 2.24) is 9.58 Å². The number of anilines is 1. The number of nitro groups is 1. The second kappa shape index (κ2) is 8.71. The van der Waals surface area contributed by atoms with Crippen LogP contribution in [0.15, 0.2) is 17.1 Å². The Labute approximate surface area is 176 Å². The number of halogens is 2. The summed E-state index contributed by atoms with van der Waals surface area (Å²) in [5.41, 5.74) is -1.85. The lowest BCUT2D eigenvalue weighted by Crippen LogP contribution is -2.45. The molecule has 1 aliphatic heterocycles. The highest BCUT2D eigenvalue weighted by Gasteiger charge is 2.33. The van der Waals surface area contributed by atoms with Crippen LogP contribution in [0.1, 0.15) is 0 Å². The van der Waals surface area contributed by atoms with E-state index < -0.39 is 33.8 Å². The van der Waals surface area contributed by atoms with Gasteiger partial charge < -0.3 is 24.7 Å². The number of fused-ring (bicyclic) bond motifs is 1. The van der Waals surface area contributed by atoms with Gasteiger partial charge in [0.15, 0.2) is 17.0 Å². The van der Waals surface area contributed by atoms with Crippen molar-refractivity contribution in [2.45, 2.75) is 0 Å². The molecular formula is C17H21ClFN5O6. The summed E-state index contributed by atoms with van der Waals surface area (Å²) in [6.07, 6.45) is -0.687. The fourth-order valence-electron chi connectivity index (χ4n) is 3.37. The van der Waals surface area contributed by atoms with Crippen LogP contribution in [0.2, 0.25) is 0 Å². The molecule has 1 N–H and O–H groups in total. The first-order valence-electron chi connectivity index (χ1n) is 8.70. The predicted molar refractivity (Wildman–Crippen MR) is 110 cm³/mol. The fraction of sp³-hybridized carbons (Fsp3) is 0.412. The van der Waals surface area contributed by atoms with Crippen LogP contribution in [0.25, 0.3) is 10.9 Å². The van der Waals surface area contributed by atoms with E-state index in [1.54, 1.807) is 4.90 Å². The van der Waals surface area contributed by atoms with Crippen LogP contribution in [-0.4, -0.2) is 73.1 Å². The molecule has 1 aliphatic rings. The monoisotopic (exact) mass is 445 g/mol. The maximum atomic E-state index is 15.1. The topological polar surface area (TPSA) is 121 Å². The van der Waals surface area contributed by atoms with Crippen molar-refractivity contribution in [3.8, 4) is 5.75 Å². The molecule has 3 rings (SSSR count). The molecule has 0 amide bonds. The number of nitro benzene ring substituents is 1. The van der Waals surface area contributed by atoms with E-state index in [0.29, 0.717) is 26.2 Å². The molecule has 0 bridgehead atoms. The zero-order chi connectivity index (χ0) is 21.5. The highest BCUT2D eigenvalue weighted by Crippen LogP contribution is 2.38. The number of likely N-dealkylation sites (N-methyl/N-ethyl adjacent to an activating group) is 1. The number of nitrogens with zero attached hydrogens (tertiary/aromatic N) is 5. The number of rotatable bonds is 4. The zero-order valence-electron chi connectivity index (χ0n) is 16.5. The number of ether oxygens (including phenoxy) is 1. The smallest absolute Gasteiger partial charge is 0.449 e. The van der Waals surface area contributed by atoms with Gasteiger partial charge in [-0.2, -0.15) is 0 Å². The minimum absolute atomic E-state index is 0. The molecule has 1 saturated heterocycles. The summed E-state index contributed by atoms with van der Waals surface area (Å²) in [5, 5.41) is 21.9. The predicted octanol–water partition coefficient (Wildman–Crippen LogP) is 1.48. The van der Waals surface area contributed by atoms with E-state index >= 15 is 4.39 Å². The number of benzene rings is 1. The Morgan fingerprint density at radius 3 is 2.40 bits per heavy atom. The Bertz CT molecular complexity index is 1050. The van der Waals surface area contributed by atoms with Crippen LogP contribution in [0.4, 0.5) is 20.6 Å². The Hall–Kier alpha value is -3.12. The Morgan fingerprint density at radius 1 is 1.30 bits per heavy atom. The molecule has 13 heteroatoms. The van der Waals surface area contributed by atoms with E-state index in [2.05, 4.69) is 4.74 Å². The third-order valence-corrected chi connectivity index (χ3v) is 4.77. The summed E-state index contributed by atoms with van der Waals surface area (Å²) in [6.45, 7) is 1.96. The number of hydrogen-bond acceptors (Lipinski definition) is 8. The number of carbonyl (C=O) groups is 1. The Morgan fingerprint density at radius 2 is 1.90 bits per heavy atom. The van der Waals surface area contributed by atoms with Gasteiger partial charge in [-0.25, -0.2) is 9.18 Å². The first-order chi connectivity index (χ1) is 13.6. The van der Waals surface area contributed by atoms with Crippen LogP contribution in [0.3, 0.4) is 0 Å². The average Bonchev–Trinajstić information content (AvgIpc) is 2.63. The summed E-state index contributed by atoms with van der Waals surface area (Å²) in [4.78, 5) is 38.4. The lowest BCUT2D eigenvalue weighted by atomic mass is 10.1. The van der Waals surface area contributed by atoms with Crippen LogP contribution in [-0.2, 0) is 0 Å². The van der Waals surface area contributed by atoms with Crippen molar-refractivity contribution in [3.63, 3.8) is 0 Å². The summed E-state index contributed by atoms with van der Waals surface area (Å²) >= 11 is 0. The second-order valence-electron chi connectivity index (χ2n) is 6.88. The van der Waals surface area contributed by atoms with Gasteiger partial charge in [0, 0.05) is 40.3 Å². The molecule has 0 atom stereocenters. The number of piperazine rings is 1. The molecular weight excluding hydrogens is 425 g/mol. The molecule has 1 aromatic heterocycles. The van der Waals surface area contributed by atoms with Crippen LogP contribution < -0.4 is 20.1 Å². The van der Waals surface area contributed by atoms with Crippen molar-refractivity contribution < 1.29 is 24.0 Å². The molecule has 164 valence electrons. The van der Waals surface area contributed by atoms with Gasteiger partial charge in [0.25, 0.3) is 0 Å². The number of carboxylic acid groups (broad SMARTS) is 1. The fourth-order valence-corrected chi connectivity index (χ4v) is 3.37. The lowest BCUT2D eigenvalue weighted by molar-refractivity contribution is -0.382. The first-order valence-corrected chi connectivity index (χ1v) is 8.70. The first kappa shape index (κ1) is 23.2. The van der Waals surface area contributed by atoms with Crippen LogP contribution >= 0.6 is 12.4 Å². The third-order valence-electron chi connectivity index (χ3n) is 4.77. The van der Waals surface area contributed by atoms with E-state index in [4.69, 9.17) is 5.11 Å². The molecule has 0 spiro atoms. The van der Waals surface area contributed by atoms with Crippen LogP contribution in [0.5, 0.6) is 5.75 Å². The van der Waals surface area contributed by atoms with Crippen molar-refractivity contribution in [1.29, 1.82) is 0 Å². The van der Waals surface area contributed by atoms with E-state index in [1.165, 1.54) is 23.8 Å². The summed E-state index contributed by atoms with van der Waals surface area (Å²) in [6, 6.07) is 0.896. The zero-order valence-corrected chi connectivity index (χ0v) is 17.3.